The molecule has 11 nitrogen and oxygen atoms in total. The molecule has 0 aliphatic carbocycles. The minimum absolute atomic E-state index is 0.178. The lowest BCUT2D eigenvalue weighted by molar-refractivity contribution is 0.140. The van der Waals surface area contributed by atoms with E-state index in [1.807, 2.05) is 30.3 Å². The zero-order valence-electron chi connectivity index (χ0n) is 18.5. The predicted octanol–water partition coefficient (Wildman–Crippen LogP) is 1.26. The van der Waals surface area contributed by atoms with Crippen molar-refractivity contribution in [1.29, 1.82) is 0 Å². The van der Waals surface area contributed by atoms with Gasteiger partial charge in [0.25, 0.3) is 0 Å². The number of rotatable bonds is 6. The second-order valence-electron chi connectivity index (χ2n) is 7.85. The lowest BCUT2D eigenvalue weighted by Gasteiger charge is -2.34. The van der Waals surface area contributed by atoms with Gasteiger partial charge in [0.15, 0.2) is 5.82 Å². The van der Waals surface area contributed by atoms with Crippen LogP contribution in [0.2, 0.25) is 0 Å². The number of anilines is 1. The van der Waals surface area contributed by atoms with Gasteiger partial charge < -0.3 is 10.2 Å². The minimum atomic E-state index is -3.50. The van der Waals surface area contributed by atoms with Crippen molar-refractivity contribution >= 4 is 21.7 Å². The van der Waals surface area contributed by atoms with Gasteiger partial charge in [0.1, 0.15) is 0 Å². The van der Waals surface area contributed by atoms with Crippen molar-refractivity contribution < 1.29 is 13.2 Å². The van der Waals surface area contributed by atoms with Gasteiger partial charge in [0.05, 0.1) is 17.1 Å². The first-order valence-corrected chi connectivity index (χ1v) is 11.9. The molecule has 1 aliphatic rings. The summed E-state index contributed by atoms with van der Waals surface area (Å²) >= 11 is 0. The number of amides is 2. The number of hydrogen-bond donors (Lipinski definition) is 1. The number of hydrogen-bond acceptors (Lipinski definition) is 7. The Hall–Kier alpha value is -3.35. The fourth-order valence-electron chi connectivity index (χ4n) is 3.51. The fraction of sp³-hybridized carbons (Fsp3) is 0.333. The van der Waals surface area contributed by atoms with Gasteiger partial charge in [-0.1, -0.05) is 18.2 Å². The number of para-hydroxylation sites is 1. The number of tetrazole rings is 1. The second-order valence-corrected chi connectivity index (χ2v) is 10.00. The largest absolute Gasteiger partial charge is 0.322 e. The van der Waals surface area contributed by atoms with Crippen LogP contribution in [0.15, 0.2) is 59.5 Å². The Morgan fingerprint density at radius 2 is 1.67 bits per heavy atom. The fourth-order valence-corrected chi connectivity index (χ4v) is 4.41. The lowest BCUT2D eigenvalue weighted by Crippen LogP contribution is -2.49. The Bertz CT molecular complexity index is 1190. The minimum Gasteiger partial charge on any atom is -0.322 e. The summed E-state index contributed by atoms with van der Waals surface area (Å²) in [6, 6.07) is 15.7. The molecular formula is C21H26N8O3S. The SMILES string of the molecule is CN(C)S(=O)(=O)c1ccc(NC(=O)N2CCN(Cc3nnnn3-c3ccccc3)CC2)cc1. The molecule has 0 saturated carbocycles. The zero-order chi connectivity index (χ0) is 23.4. The van der Waals surface area contributed by atoms with E-state index in [9.17, 15) is 13.2 Å². The summed E-state index contributed by atoms with van der Waals surface area (Å²) in [5.74, 6) is 0.742. The molecule has 2 heterocycles. The van der Waals surface area contributed by atoms with Crippen LogP contribution in [0.1, 0.15) is 5.82 Å². The standard InChI is InChI=1S/C21H26N8O3S/c1-26(2)33(31,32)19-10-8-17(9-11-19)22-21(30)28-14-12-27(13-15-28)16-20-23-24-25-29(20)18-6-4-3-5-7-18/h3-11H,12-16H2,1-2H3,(H,22,30). The Morgan fingerprint density at radius 1 is 1.00 bits per heavy atom. The molecule has 0 atom stereocenters. The maximum atomic E-state index is 12.7. The van der Waals surface area contributed by atoms with E-state index in [1.54, 1.807) is 21.7 Å². The molecule has 1 saturated heterocycles. The average Bonchev–Trinajstić information content (AvgIpc) is 3.28. The number of nitrogens with zero attached hydrogens (tertiary/aromatic N) is 7. The van der Waals surface area contributed by atoms with E-state index >= 15 is 0 Å². The van der Waals surface area contributed by atoms with Crippen LogP contribution in [-0.2, 0) is 16.6 Å². The molecule has 1 N–H and O–H groups in total. The lowest BCUT2D eigenvalue weighted by atomic mass is 10.3. The number of benzene rings is 2. The van der Waals surface area contributed by atoms with Crippen LogP contribution in [0.25, 0.3) is 5.69 Å². The van der Waals surface area contributed by atoms with Crippen molar-refractivity contribution in [2.45, 2.75) is 11.4 Å². The van der Waals surface area contributed by atoms with Gasteiger partial charge in [-0.2, -0.15) is 4.68 Å². The normalized spacial score (nSPS) is 15.1. The van der Waals surface area contributed by atoms with Crippen molar-refractivity contribution in [3.05, 3.63) is 60.4 Å². The highest BCUT2D eigenvalue weighted by Gasteiger charge is 2.23. The first kappa shape index (κ1) is 22.8. The molecule has 33 heavy (non-hydrogen) atoms. The van der Waals surface area contributed by atoms with Crippen LogP contribution in [0, 0.1) is 0 Å². The van der Waals surface area contributed by atoms with Crippen LogP contribution in [-0.4, -0.2) is 89.0 Å². The molecule has 0 radical (unpaired) electrons. The maximum absolute atomic E-state index is 12.7. The number of sulfonamides is 1. The predicted molar refractivity (Wildman–Crippen MR) is 122 cm³/mol. The van der Waals surface area contributed by atoms with E-state index < -0.39 is 10.0 Å². The maximum Gasteiger partial charge on any atom is 0.321 e. The van der Waals surface area contributed by atoms with Gasteiger partial charge >= 0.3 is 6.03 Å². The summed E-state index contributed by atoms with van der Waals surface area (Å²) in [5.41, 5.74) is 1.45. The van der Waals surface area contributed by atoms with Gasteiger partial charge in [-0.15, -0.1) is 5.10 Å². The van der Waals surface area contributed by atoms with Crippen molar-refractivity contribution in [2.24, 2.45) is 0 Å². The van der Waals surface area contributed by atoms with Gasteiger partial charge in [0.2, 0.25) is 10.0 Å². The molecule has 0 spiro atoms. The van der Waals surface area contributed by atoms with Crippen LogP contribution in [0.5, 0.6) is 0 Å². The van der Waals surface area contributed by atoms with E-state index in [0.717, 1.165) is 15.8 Å². The molecular weight excluding hydrogens is 444 g/mol. The Labute approximate surface area is 192 Å². The van der Waals surface area contributed by atoms with Crippen molar-refractivity contribution in [3.63, 3.8) is 0 Å². The Kier molecular flexibility index (Phi) is 6.67. The molecule has 174 valence electrons. The highest BCUT2D eigenvalue weighted by atomic mass is 32.2. The number of piperazine rings is 1. The Balaban J connectivity index is 1.31. The average molecular weight is 471 g/mol. The van der Waals surface area contributed by atoms with E-state index in [1.165, 1.54) is 26.2 Å². The third-order valence-corrected chi connectivity index (χ3v) is 7.27. The topological polar surface area (TPSA) is 117 Å². The molecule has 0 unspecified atom stereocenters. The molecule has 4 rings (SSSR count). The summed E-state index contributed by atoms with van der Waals surface area (Å²) in [6.45, 7) is 3.08. The van der Waals surface area contributed by atoms with E-state index in [2.05, 4.69) is 25.7 Å². The number of nitrogens with one attached hydrogen (secondary N) is 1. The molecule has 1 fully saturated rings. The molecule has 1 aromatic heterocycles. The summed E-state index contributed by atoms with van der Waals surface area (Å²) < 4.78 is 27.2. The number of carbonyl (C=O) groups is 1. The smallest absolute Gasteiger partial charge is 0.321 e. The highest BCUT2D eigenvalue weighted by Crippen LogP contribution is 2.17. The van der Waals surface area contributed by atoms with E-state index in [4.69, 9.17) is 0 Å². The number of urea groups is 1. The molecule has 2 aromatic carbocycles. The molecule has 0 bridgehead atoms. The van der Waals surface area contributed by atoms with Crippen LogP contribution in [0.4, 0.5) is 10.5 Å². The number of aromatic nitrogens is 4. The number of carbonyl (C=O) groups excluding carboxylic acids is 1. The summed E-state index contributed by atoms with van der Waals surface area (Å²) in [5, 5.41) is 14.9. The molecule has 12 heteroatoms. The first-order chi connectivity index (χ1) is 15.8. The molecule has 3 aromatic rings. The first-order valence-electron chi connectivity index (χ1n) is 10.5. The molecule has 2 amide bonds. The van der Waals surface area contributed by atoms with E-state index in [0.29, 0.717) is 38.4 Å². The van der Waals surface area contributed by atoms with Crippen molar-refractivity contribution in [1.82, 2.24) is 34.3 Å². The van der Waals surface area contributed by atoms with Gasteiger partial charge in [0, 0.05) is 46.0 Å². The van der Waals surface area contributed by atoms with Gasteiger partial charge in [-0.05, 0) is 46.8 Å². The summed E-state index contributed by atoms with van der Waals surface area (Å²) in [4.78, 5) is 16.8. The van der Waals surface area contributed by atoms with E-state index in [-0.39, 0.29) is 10.9 Å². The summed E-state index contributed by atoms with van der Waals surface area (Å²) in [7, 11) is -0.545. The van der Waals surface area contributed by atoms with Crippen molar-refractivity contribution in [2.75, 3.05) is 45.6 Å². The van der Waals surface area contributed by atoms with Crippen LogP contribution in [0.3, 0.4) is 0 Å². The zero-order valence-corrected chi connectivity index (χ0v) is 19.3. The molecule has 1 aliphatic heterocycles. The highest BCUT2D eigenvalue weighted by molar-refractivity contribution is 7.89. The van der Waals surface area contributed by atoms with Crippen molar-refractivity contribution in [3.8, 4) is 5.69 Å². The van der Waals surface area contributed by atoms with Crippen LogP contribution >= 0.6 is 0 Å². The van der Waals surface area contributed by atoms with Gasteiger partial charge in [-0.3, -0.25) is 4.90 Å². The third kappa shape index (κ3) is 5.18. The quantitative estimate of drug-likeness (QED) is 0.576. The third-order valence-electron chi connectivity index (χ3n) is 5.44. The summed E-state index contributed by atoms with van der Waals surface area (Å²) in [6.07, 6.45) is 0. The second kappa shape index (κ2) is 9.65. The van der Waals surface area contributed by atoms with Crippen LogP contribution < -0.4 is 5.32 Å². The van der Waals surface area contributed by atoms with Gasteiger partial charge in [-0.25, -0.2) is 17.5 Å². The Morgan fingerprint density at radius 3 is 2.30 bits per heavy atom. The monoisotopic (exact) mass is 470 g/mol.